The number of rotatable bonds is 7. The van der Waals surface area contributed by atoms with E-state index in [-0.39, 0.29) is 25.7 Å². The number of imidazole rings is 1. The van der Waals surface area contributed by atoms with E-state index in [9.17, 15) is 0 Å². The topological polar surface area (TPSA) is 43.9 Å². The van der Waals surface area contributed by atoms with Gasteiger partial charge in [0, 0.05) is 36.7 Å². The molecule has 0 aliphatic carbocycles. The van der Waals surface area contributed by atoms with Crippen LogP contribution in [0.2, 0.25) is 17.3 Å². The molecule has 303 valence electrons. The van der Waals surface area contributed by atoms with Crippen molar-refractivity contribution in [3.05, 3.63) is 193 Å². The van der Waals surface area contributed by atoms with Gasteiger partial charge in [0.15, 0.2) is 0 Å². The molecule has 0 aliphatic rings. The Morgan fingerprint density at radius 2 is 1.44 bits per heavy atom. The predicted octanol–water partition coefficient (Wildman–Crippen LogP) is 14.2. The Bertz CT molecular complexity index is 3280. The largest absolute Gasteiger partial charge is 0.501 e. The minimum absolute atomic E-state index is 0. The van der Waals surface area contributed by atoms with Crippen molar-refractivity contribution < 1.29 is 30.0 Å². The molecule has 6 heteroatoms. The van der Waals surface area contributed by atoms with Crippen molar-refractivity contribution in [2.24, 2.45) is 0 Å². The fourth-order valence-corrected chi connectivity index (χ4v) is 11.2. The van der Waals surface area contributed by atoms with Crippen LogP contribution in [0.15, 0.2) is 174 Å². The summed E-state index contributed by atoms with van der Waals surface area (Å²) < 4.78 is 40.7. The fraction of sp³-hybridized carbons (Fsp3) is 0.127. The summed E-state index contributed by atoms with van der Waals surface area (Å²) in [5.41, 5.74) is 12.9. The third-order valence-electron chi connectivity index (χ3n) is 10.9. The Morgan fingerprint density at radius 1 is 0.721 bits per heavy atom. The summed E-state index contributed by atoms with van der Waals surface area (Å²) in [4.78, 5) is 9.74. The molecule has 0 saturated heterocycles. The van der Waals surface area contributed by atoms with Gasteiger partial charge in [0.1, 0.15) is 5.58 Å². The van der Waals surface area contributed by atoms with Gasteiger partial charge in [-0.3, -0.25) is 4.98 Å². The first-order valence-electron chi connectivity index (χ1n) is 22.2. The molecule has 0 bridgehead atoms. The Labute approximate surface area is 380 Å². The van der Waals surface area contributed by atoms with Crippen molar-refractivity contribution in [2.45, 2.75) is 43.9 Å². The molecule has 10 aromatic rings. The van der Waals surface area contributed by atoms with Gasteiger partial charge in [0.2, 0.25) is 0 Å². The smallest absolute Gasteiger partial charge is 0.120 e. The van der Waals surface area contributed by atoms with Gasteiger partial charge in [-0.25, -0.2) is 0 Å². The quantitative estimate of drug-likeness (QED) is 0.118. The molecule has 0 unspecified atom stereocenters. The minimum Gasteiger partial charge on any atom is -0.501 e. The van der Waals surface area contributed by atoms with Gasteiger partial charge in [-0.05, 0) is 47.0 Å². The van der Waals surface area contributed by atoms with E-state index in [1.165, 1.54) is 21.6 Å². The maximum atomic E-state index is 8.49. The molecule has 3 aromatic heterocycles. The van der Waals surface area contributed by atoms with Crippen LogP contribution in [0.25, 0.3) is 83.6 Å². The van der Waals surface area contributed by atoms with Crippen LogP contribution in [-0.4, -0.2) is 27.8 Å². The number of furan rings is 1. The third kappa shape index (κ3) is 8.43. The summed E-state index contributed by atoms with van der Waals surface area (Å²) >= 11 is -2.14. The van der Waals surface area contributed by atoms with Crippen LogP contribution in [0, 0.1) is 19.0 Å². The minimum atomic E-state index is -2.14. The van der Waals surface area contributed by atoms with Crippen molar-refractivity contribution in [2.75, 3.05) is 0 Å². The van der Waals surface area contributed by atoms with Gasteiger partial charge < -0.3 is 8.98 Å². The van der Waals surface area contributed by atoms with Gasteiger partial charge in [0.05, 0.1) is 22.4 Å². The van der Waals surface area contributed by atoms with E-state index in [2.05, 4.69) is 148 Å². The molecule has 7 aromatic carbocycles. The first kappa shape index (κ1) is 37.0. The Balaban J connectivity index is 0.000000199. The van der Waals surface area contributed by atoms with Gasteiger partial charge in [-0.2, -0.15) is 0 Å². The zero-order valence-corrected chi connectivity index (χ0v) is 39.2. The molecule has 0 fully saturated rings. The second kappa shape index (κ2) is 17.6. The van der Waals surface area contributed by atoms with Gasteiger partial charge in [-0.1, -0.05) is 108 Å². The van der Waals surface area contributed by atoms with Gasteiger partial charge >= 0.3 is 131 Å². The number of hydrogen-bond acceptors (Lipinski definition) is 3. The standard InChI is InChI=1S/C37H23N2O.C18H24GeN.Ir/c1-3-12-25(13-4-1)27-22-23-33(31(24-27)26-14-5-2-6-15-26)39-34-20-9-8-19-32(34)38-37(39)30-18-11-17-29-28-16-7-10-21-35(28)40-36(29)30;1-13(2)16-11-18(15-9-7-14(3)8-10-15)20-12-17(16)19(4,5)6;/h1-17,19-24H;7-9,11-13H,1-6H3;/q2*-1;/i;3D3,13D;. The normalized spacial score (nSPS) is 12.8. The molecular formula is C55H47GeIrN3O-2. The molecule has 4 nitrogen and oxygen atoms in total. The molecule has 0 amide bonds. The number of pyridine rings is 1. The second-order valence-electron chi connectivity index (χ2n) is 16.3. The third-order valence-corrected chi connectivity index (χ3v) is 15.1. The number of aromatic nitrogens is 3. The summed E-state index contributed by atoms with van der Waals surface area (Å²) in [5, 5.41) is 2.15. The molecule has 3 heterocycles. The second-order valence-corrected chi connectivity index (χ2v) is 26.8. The number of nitrogens with zero attached hydrogens (tertiary/aromatic N) is 3. The number of fused-ring (bicyclic) bond motifs is 4. The predicted molar refractivity (Wildman–Crippen MR) is 254 cm³/mol. The van der Waals surface area contributed by atoms with E-state index in [1.807, 2.05) is 56.4 Å². The van der Waals surface area contributed by atoms with Gasteiger partial charge in [-0.15, -0.1) is 18.2 Å². The van der Waals surface area contributed by atoms with Crippen molar-refractivity contribution in [3.63, 3.8) is 0 Å². The maximum absolute atomic E-state index is 8.49. The first-order valence-corrected chi connectivity index (χ1v) is 27.6. The molecule has 10 rings (SSSR count). The van der Waals surface area contributed by atoms with E-state index < -0.39 is 26.0 Å². The SMILES string of the molecule is [2H]C([2H])([2H])c1c[c-]c(-c2cc(C([2H])(C)C)[c]([Ge]([CH3])([CH3])[CH3])cn2)cc1.[Ir].[c-]1ccc2c(oc3ccccc32)c1-c1nc2ccccc2n1-c1ccc(-c2ccccc2)cc1-c1ccccc1. The summed E-state index contributed by atoms with van der Waals surface area (Å²) in [5.74, 6) is 6.98. The van der Waals surface area contributed by atoms with Crippen molar-refractivity contribution in [1.82, 2.24) is 14.5 Å². The van der Waals surface area contributed by atoms with E-state index >= 15 is 0 Å². The van der Waals surface area contributed by atoms with Crippen LogP contribution in [0.5, 0.6) is 0 Å². The van der Waals surface area contributed by atoms with Crippen LogP contribution in [0.4, 0.5) is 0 Å². The van der Waals surface area contributed by atoms with Crippen LogP contribution in [0.3, 0.4) is 0 Å². The number of para-hydroxylation sites is 3. The van der Waals surface area contributed by atoms with Crippen molar-refractivity contribution >= 4 is 50.6 Å². The Hall–Kier alpha value is -5.85. The average molecular weight is 1030 g/mol. The monoisotopic (exact) mass is 1040 g/mol. The summed E-state index contributed by atoms with van der Waals surface area (Å²) in [6, 6.07) is 61.6. The van der Waals surface area contributed by atoms with Crippen LogP contribution in [-0.2, 0) is 20.1 Å². The van der Waals surface area contributed by atoms with E-state index in [1.54, 1.807) is 12.1 Å². The van der Waals surface area contributed by atoms with Gasteiger partial charge in [0.25, 0.3) is 0 Å². The summed E-state index contributed by atoms with van der Waals surface area (Å²) in [7, 11) is 0. The molecule has 1 radical (unpaired) electrons. The van der Waals surface area contributed by atoms with E-state index in [0.717, 1.165) is 78.0 Å². The number of hydrogen-bond donors (Lipinski definition) is 0. The first-order chi connectivity index (χ1) is 30.6. The summed E-state index contributed by atoms with van der Waals surface area (Å²) in [6.07, 6.45) is 1.91. The molecule has 0 aliphatic heterocycles. The van der Waals surface area contributed by atoms with Crippen LogP contribution < -0.4 is 4.40 Å². The molecule has 0 saturated carbocycles. The zero-order valence-electron chi connectivity index (χ0n) is 38.7. The number of benzene rings is 7. The zero-order chi connectivity index (χ0) is 44.8. The van der Waals surface area contributed by atoms with Crippen molar-refractivity contribution in [3.8, 4) is 50.6 Å². The Morgan fingerprint density at radius 3 is 2.16 bits per heavy atom. The Kier molecular flexibility index (Phi) is 10.7. The summed E-state index contributed by atoms with van der Waals surface area (Å²) in [6.45, 7) is 1.66. The van der Waals surface area contributed by atoms with Crippen LogP contribution in [0.1, 0.15) is 36.4 Å². The average Bonchev–Trinajstić information content (AvgIpc) is 3.88. The van der Waals surface area contributed by atoms with Crippen LogP contribution >= 0.6 is 0 Å². The van der Waals surface area contributed by atoms with E-state index in [0.29, 0.717) is 0 Å². The molecule has 0 N–H and O–H groups in total. The molecular weight excluding hydrogens is 983 g/mol. The molecule has 61 heavy (non-hydrogen) atoms. The molecule has 0 atom stereocenters. The fourth-order valence-electron chi connectivity index (χ4n) is 7.88. The maximum Gasteiger partial charge on any atom is 0.120 e. The molecule has 0 spiro atoms. The number of aryl methyl sites for hydroxylation is 1. The van der Waals surface area contributed by atoms with E-state index in [4.69, 9.17) is 14.9 Å². The van der Waals surface area contributed by atoms with Crippen molar-refractivity contribution in [1.29, 1.82) is 0 Å².